The zero-order valence-corrected chi connectivity index (χ0v) is 15.1. The van der Waals surface area contributed by atoms with Gasteiger partial charge in [0.25, 0.3) is 0 Å². The lowest BCUT2D eigenvalue weighted by atomic mass is 10.1. The fraction of sp³-hybridized carbons (Fsp3) is 0.562. The summed E-state index contributed by atoms with van der Waals surface area (Å²) < 4.78 is 12.8. The fourth-order valence-corrected chi connectivity index (χ4v) is 2.98. The van der Waals surface area contributed by atoms with Gasteiger partial charge in [-0.15, -0.1) is 0 Å². The third-order valence-electron chi connectivity index (χ3n) is 3.56. The van der Waals surface area contributed by atoms with Crippen LogP contribution < -0.4 is 4.74 Å². The first-order valence-corrected chi connectivity index (χ1v) is 11.3. The number of benzene rings is 1. The summed E-state index contributed by atoms with van der Waals surface area (Å²) in [4.78, 5) is 0. The number of aliphatic hydroxyl groups is 1. The van der Waals surface area contributed by atoms with Crippen LogP contribution in [0.25, 0.3) is 10.9 Å². The Balaban J connectivity index is 2.14. The Kier molecular flexibility index (Phi) is 5.26. The number of aliphatic hydroxyl groups excluding tert-OH is 1. The highest BCUT2D eigenvalue weighted by atomic mass is 28.3. The number of methoxy groups -OCH3 is 1. The largest absolute Gasteiger partial charge is 0.497 e. The molecule has 5 nitrogen and oxygen atoms in total. The van der Waals surface area contributed by atoms with E-state index >= 15 is 0 Å². The number of ether oxygens (including phenoxy) is 2. The molecule has 2 rings (SSSR count). The lowest BCUT2D eigenvalue weighted by molar-refractivity contribution is 0.0790. The van der Waals surface area contributed by atoms with E-state index < -0.39 is 14.2 Å². The highest BCUT2D eigenvalue weighted by molar-refractivity contribution is 6.76. The molecule has 0 saturated carbocycles. The van der Waals surface area contributed by atoms with Gasteiger partial charge < -0.3 is 14.6 Å². The van der Waals surface area contributed by atoms with Crippen LogP contribution >= 0.6 is 0 Å². The number of hydrogen-bond donors (Lipinski definition) is 1. The van der Waals surface area contributed by atoms with Crippen molar-refractivity contribution in [3.63, 3.8) is 0 Å². The molecule has 0 radical (unpaired) electrons. The SMILES string of the molecule is COc1cc(C(C)O)c2nn(COCC[Si](C)(C)C)cc2c1. The molecule has 1 aromatic heterocycles. The van der Waals surface area contributed by atoms with E-state index in [0.717, 1.165) is 34.9 Å². The molecule has 1 atom stereocenters. The van der Waals surface area contributed by atoms with E-state index in [-0.39, 0.29) is 0 Å². The highest BCUT2D eigenvalue weighted by Crippen LogP contribution is 2.28. The molecule has 22 heavy (non-hydrogen) atoms. The Hall–Kier alpha value is -1.37. The van der Waals surface area contributed by atoms with E-state index in [2.05, 4.69) is 24.7 Å². The molecule has 2 aromatic rings. The average molecular weight is 322 g/mol. The maximum absolute atomic E-state index is 9.92. The van der Waals surface area contributed by atoms with Crippen LogP contribution in [0.4, 0.5) is 0 Å². The van der Waals surface area contributed by atoms with Crippen molar-refractivity contribution in [3.8, 4) is 5.75 Å². The third kappa shape index (κ3) is 4.31. The van der Waals surface area contributed by atoms with Crippen LogP contribution in [0, 0.1) is 0 Å². The van der Waals surface area contributed by atoms with Gasteiger partial charge in [0.1, 0.15) is 12.5 Å². The van der Waals surface area contributed by atoms with Crippen molar-refractivity contribution in [1.82, 2.24) is 9.78 Å². The van der Waals surface area contributed by atoms with Crippen molar-refractivity contribution in [2.24, 2.45) is 0 Å². The van der Waals surface area contributed by atoms with E-state index in [4.69, 9.17) is 9.47 Å². The number of aromatic nitrogens is 2. The van der Waals surface area contributed by atoms with E-state index in [0.29, 0.717) is 6.73 Å². The molecule has 0 amide bonds. The molecule has 1 aromatic carbocycles. The lowest BCUT2D eigenvalue weighted by Gasteiger charge is -2.15. The molecular weight excluding hydrogens is 296 g/mol. The summed E-state index contributed by atoms with van der Waals surface area (Å²) in [7, 11) is 0.554. The van der Waals surface area contributed by atoms with E-state index in [9.17, 15) is 5.11 Å². The molecule has 1 N–H and O–H groups in total. The van der Waals surface area contributed by atoms with Crippen LogP contribution in [0.1, 0.15) is 18.6 Å². The van der Waals surface area contributed by atoms with Crippen molar-refractivity contribution in [3.05, 3.63) is 23.9 Å². The molecule has 0 aliphatic carbocycles. The average Bonchev–Trinajstić information content (AvgIpc) is 2.83. The van der Waals surface area contributed by atoms with Gasteiger partial charge in [0.05, 0.1) is 18.7 Å². The van der Waals surface area contributed by atoms with Crippen LogP contribution in [-0.4, -0.2) is 36.7 Å². The van der Waals surface area contributed by atoms with Gasteiger partial charge in [-0.3, -0.25) is 0 Å². The first-order chi connectivity index (χ1) is 10.3. The maximum atomic E-state index is 9.92. The molecule has 0 fully saturated rings. The second-order valence-electron chi connectivity index (χ2n) is 6.85. The highest BCUT2D eigenvalue weighted by Gasteiger charge is 2.14. The minimum Gasteiger partial charge on any atom is -0.497 e. The molecular formula is C16H26N2O3Si. The summed E-state index contributed by atoms with van der Waals surface area (Å²) in [6, 6.07) is 4.89. The molecule has 0 spiro atoms. The quantitative estimate of drug-likeness (QED) is 0.627. The van der Waals surface area contributed by atoms with E-state index in [1.54, 1.807) is 18.7 Å². The number of fused-ring (bicyclic) bond motifs is 1. The molecule has 1 heterocycles. The summed E-state index contributed by atoms with van der Waals surface area (Å²) in [6.45, 7) is 9.93. The minimum atomic E-state index is -1.07. The van der Waals surface area contributed by atoms with Gasteiger partial charge in [0.15, 0.2) is 0 Å². The molecule has 0 bridgehead atoms. The first kappa shape index (κ1) is 17.0. The molecule has 0 aliphatic rings. The smallest absolute Gasteiger partial charge is 0.139 e. The van der Waals surface area contributed by atoms with Crippen LogP contribution in [0.5, 0.6) is 5.75 Å². The predicted octanol–water partition coefficient (Wildman–Crippen LogP) is 3.41. The Labute approximate surface area is 132 Å². The van der Waals surface area contributed by atoms with Crippen LogP contribution in [0.2, 0.25) is 25.7 Å². The van der Waals surface area contributed by atoms with Gasteiger partial charge in [-0.1, -0.05) is 19.6 Å². The van der Waals surface area contributed by atoms with Gasteiger partial charge in [-0.2, -0.15) is 5.10 Å². The Morgan fingerprint density at radius 2 is 2.05 bits per heavy atom. The monoisotopic (exact) mass is 322 g/mol. The number of nitrogens with zero attached hydrogens (tertiary/aromatic N) is 2. The van der Waals surface area contributed by atoms with Gasteiger partial charge in [-0.05, 0) is 25.1 Å². The summed E-state index contributed by atoms with van der Waals surface area (Å²) in [5.74, 6) is 0.725. The van der Waals surface area contributed by atoms with Crippen molar-refractivity contribution < 1.29 is 14.6 Å². The van der Waals surface area contributed by atoms with Gasteiger partial charge in [-0.25, -0.2) is 4.68 Å². The van der Waals surface area contributed by atoms with E-state index in [1.807, 2.05) is 18.3 Å². The normalized spacial score (nSPS) is 13.5. The summed E-state index contributed by atoms with van der Waals surface area (Å²) in [5, 5.41) is 15.4. The van der Waals surface area contributed by atoms with Crippen molar-refractivity contribution in [1.29, 1.82) is 0 Å². The standard InChI is InChI=1S/C16H26N2O3Si/c1-12(19)15-9-14(20-2)8-13-10-18(17-16(13)15)11-21-6-7-22(3,4)5/h8-10,12,19H,6-7,11H2,1-5H3. The second-order valence-corrected chi connectivity index (χ2v) is 12.5. The number of rotatable bonds is 7. The predicted molar refractivity (Wildman–Crippen MR) is 91.0 cm³/mol. The van der Waals surface area contributed by atoms with Gasteiger partial charge in [0, 0.05) is 31.8 Å². The van der Waals surface area contributed by atoms with Crippen molar-refractivity contribution in [2.75, 3.05) is 13.7 Å². The Bertz CT molecular complexity index is 632. The third-order valence-corrected chi connectivity index (χ3v) is 5.27. The molecule has 0 aliphatic heterocycles. The zero-order chi connectivity index (χ0) is 16.3. The maximum Gasteiger partial charge on any atom is 0.139 e. The Morgan fingerprint density at radius 3 is 2.64 bits per heavy atom. The topological polar surface area (TPSA) is 56.5 Å². The molecule has 122 valence electrons. The van der Waals surface area contributed by atoms with Gasteiger partial charge >= 0.3 is 0 Å². The van der Waals surface area contributed by atoms with Crippen molar-refractivity contribution in [2.45, 2.75) is 45.4 Å². The van der Waals surface area contributed by atoms with E-state index in [1.165, 1.54) is 0 Å². The molecule has 1 unspecified atom stereocenters. The minimum absolute atomic E-state index is 0.431. The molecule has 0 saturated heterocycles. The van der Waals surface area contributed by atoms with Crippen LogP contribution in [0.15, 0.2) is 18.3 Å². The summed E-state index contributed by atoms with van der Waals surface area (Å²) in [5.41, 5.74) is 1.57. The lowest BCUT2D eigenvalue weighted by Crippen LogP contribution is -2.22. The van der Waals surface area contributed by atoms with Gasteiger partial charge in [0.2, 0.25) is 0 Å². The van der Waals surface area contributed by atoms with Crippen LogP contribution in [-0.2, 0) is 11.5 Å². The summed E-state index contributed by atoms with van der Waals surface area (Å²) in [6.07, 6.45) is 1.34. The summed E-state index contributed by atoms with van der Waals surface area (Å²) >= 11 is 0. The van der Waals surface area contributed by atoms with Crippen molar-refractivity contribution >= 4 is 19.0 Å². The fourth-order valence-electron chi connectivity index (χ4n) is 2.22. The van der Waals surface area contributed by atoms with Crippen LogP contribution in [0.3, 0.4) is 0 Å². The molecule has 6 heteroatoms. The second kappa shape index (κ2) is 6.81. The first-order valence-electron chi connectivity index (χ1n) is 7.61. The number of hydrogen-bond acceptors (Lipinski definition) is 4. The zero-order valence-electron chi connectivity index (χ0n) is 14.1. The Morgan fingerprint density at radius 1 is 1.32 bits per heavy atom.